The zero-order chi connectivity index (χ0) is 12.8. The maximum Gasteiger partial charge on any atom is 0.220 e. The normalized spacial score (nSPS) is 12.2. The second-order valence-corrected chi connectivity index (χ2v) is 3.78. The number of hydrogen-bond donors (Lipinski definition) is 0. The van der Waals surface area contributed by atoms with Gasteiger partial charge in [0, 0.05) is 6.42 Å². The monoisotopic (exact) mass is 240 g/mol. The molecule has 0 saturated heterocycles. The molecule has 1 aromatic rings. The van der Waals surface area contributed by atoms with Crippen molar-refractivity contribution in [1.82, 2.24) is 0 Å². The van der Waals surface area contributed by atoms with Crippen LogP contribution in [0.4, 0.5) is 8.78 Å². The minimum atomic E-state index is -2.25. The molecule has 0 bridgehead atoms. The second-order valence-electron chi connectivity index (χ2n) is 3.78. The van der Waals surface area contributed by atoms with Crippen LogP contribution in [0.2, 0.25) is 0 Å². The Balaban J connectivity index is 2.77. The number of halogens is 2. The van der Waals surface area contributed by atoms with Gasteiger partial charge in [0.25, 0.3) is 0 Å². The molecule has 0 heterocycles. The minimum Gasteiger partial charge on any atom is -0.296 e. The molecule has 0 amide bonds. The van der Waals surface area contributed by atoms with E-state index in [0.717, 1.165) is 12.5 Å². The molecule has 1 rings (SSSR count). The predicted molar refractivity (Wildman–Crippen MR) is 60.2 cm³/mol. The van der Waals surface area contributed by atoms with Crippen LogP contribution in [0.5, 0.6) is 0 Å². The molecule has 0 radical (unpaired) electrons. The summed E-state index contributed by atoms with van der Waals surface area (Å²) in [6.45, 7) is 1.86. The molecule has 0 N–H and O–H groups in total. The third-order valence-electron chi connectivity index (χ3n) is 2.43. The van der Waals surface area contributed by atoms with Crippen molar-refractivity contribution in [1.29, 1.82) is 0 Å². The number of unbranched alkanes of at least 4 members (excludes halogenated alkanes) is 1. The van der Waals surface area contributed by atoms with Crippen molar-refractivity contribution in [2.45, 2.75) is 32.4 Å². The Hall–Kier alpha value is -1.58. The van der Waals surface area contributed by atoms with Gasteiger partial charge in [0.05, 0.1) is 5.56 Å². The van der Waals surface area contributed by atoms with E-state index in [2.05, 4.69) is 0 Å². The summed E-state index contributed by atoms with van der Waals surface area (Å²) < 4.78 is 26.7. The highest BCUT2D eigenvalue weighted by molar-refractivity contribution is 6.13. The lowest BCUT2D eigenvalue weighted by atomic mass is 10.0. The zero-order valence-corrected chi connectivity index (χ0v) is 9.58. The summed E-state index contributed by atoms with van der Waals surface area (Å²) in [6, 6.07) is 5.08. The summed E-state index contributed by atoms with van der Waals surface area (Å²) in [5, 5.41) is 0. The number of carbonyl (C=O) groups is 2. The number of Topliss-reactive ketones (excluding diaryl/α,β-unsaturated/α-hetero) is 2. The number of ketones is 2. The molecule has 92 valence electrons. The Morgan fingerprint density at radius 3 is 2.53 bits per heavy atom. The Morgan fingerprint density at radius 1 is 1.29 bits per heavy atom. The summed E-state index contributed by atoms with van der Waals surface area (Å²) in [6.07, 6.45) is -0.966. The number of benzene rings is 1. The standard InChI is InChI=1S/C13H14F2O2/c1-2-3-8-11(16)12(15)13(17)9-6-4-5-7-10(9)14/h4-7,12H,2-3,8H2,1H3. The van der Waals surface area contributed by atoms with Crippen LogP contribution in [0.3, 0.4) is 0 Å². The first-order valence-corrected chi connectivity index (χ1v) is 5.53. The first-order valence-electron chi connectivity index (χ1n) is 5.53. The van der Waals surface area contributed by atoms with Crippen LogP contribution in [0.1, 0.15) is 36.5 Å². The van der Waals surface area contributed by atoms with Crippen molar-refractivity contribution in [3.8, 4) is 0 Å². The van der Waals surface area contributed by atoms with Crippen LogP contribution < -0.4 is 0 Å². The largest absolute Gasteiger partial charge is 0.296 e. The zero-order valence-electron chi connectivity index (χ0n) is 9.58. The van der Waals surface area contributed by atoms with Crippen molar-refractivity contribution in [3.63, 3.8) is 0 Å². The molecule has 0 aliphatic heterocycles. The number of hydrogen-bond acceptors (Lipinski definition) is 2. The molecule has 17 heavy (non-hydrogen) atoms. The van der Waals surface area contributed by atoms with Gasteiger partial charge in [0.15, 0.2) is 5.78 Å². The van der Waals surface area contributed by atoms with Gasteiger partial charge < -0.3 is 0 Å². The molecule has 0 aliphatic carbocycles. The van der Waals surface area contributed by atoms with Gasteiger partial charge in [-0.25, -0.2) is 8.78 Å². The fraction of sp³-hybridized carbons (Fsp3) is 0.385. The van der Waals surface area contributed by atoms with E-state index in [0.29, 0.717) is 6.42 Å². The first kappa shape index (κ1) is 13.5. The summed E-state index contributed by atoms with van der Waals surface area (Å²) >= 11 is 0. The van der Waals surface area contributed by atoms with Gasteiger partial charge in [-0.3, -0.25) is 9.59 Å². The maximum atomic E-state index is 13.5. The molecular formula is C13H14F2O2. The summed E-state index contributed by atoms with van der Waals surface area (Å²) in [7, 11) is 0. The molecule has 0 spiro atoms. The van der Waals surface area contributed by atoms with Gasteiger partial charge >= 0.3 is 0 Å². The Labute approximate surface area is 98.6 Å². The number of carbonyl (C=O) groups excluding carboxylic acids is 2. The third-order valence-corrected chi connectivity index (χ3v) is 2.43. The molecule has 4 heteroatoms. The summed E-state index contributed by atoms with van der Waals surface area (Å²) in [5.74, 6) is -2.67. The topological polar surface area (TPSA) is 34.1 Å². The van der Waals surface area contributed by atoms with Crippen LogP contribution in [-0.4, -0.2) is 17.7 Å². The SMILES string of the molecule is CCCCC(=O)C(F)C(=O)c1ccccc1F. The lowest BCUT2D eigenvalue weighted by molar-refractivity contribution is -0.122. The molecule has 0 aromatic heterocycles. The third kappa shape index (κ3) is 3.44. The van der Waals surface area contributed by atoms with Gasteiger partial charge in [-0.05, 0) is 18.6 Å². The highest BCUT2D eigenvalue weighted by Crippen LogP contribution is 2.13. The smallest absolute Gasteiger partial charge is 0.220 e. The van der Waals surface area contributed by atoms with Crippen molar-refractivity contribution < 1.29 is 18.4 Å². The van der Waals surface area contributed by atoms with Gasteiger partial charge in [-0.2, -0.15) is 0 Å². The van der Waals surface area contributed by atoms with Gasteiger partial charge in [-0.15, -0.1) is 0 Å². The van der Waals surface area contributed by atoms with Crippen molar-refractivity contribution in [2.24, 2.45) is 0 Å². The van der Waals surface area contributed by atoms with Crippen LogP contribution in [0.25, 0.3) is 0 Å². The average Bonchev–Trinajstić information content (AvgIpc) is 2.34. The summed E-state index contributed by atoms with van der Waals surface area (Å²) in [5.41, 5.74) is -0.371. The molecule has 2 nitrogen and oxygen atoms in total. The van der Waals surface area contributed by atoms with Crippen LogP contribution in [-0.2, 0) is 4.79 Å². The maximum absolute atomic E-state index is 13.5. The van der Waals surface area contributed by atoms with Crippen molar-refractivity contribution in [3.05, 3.63) is 35.6 Å². The van der Waals surface area contributed by atoms with Crippen molar-refractivity contribution in [2.75, 3.05) is 0 Å². The predicted octanol–water partition coefficient (Wildman–Crippen LogP) is 3.11. The van der Waals surface area contributed by atoms with Crippen molar-refractivity contribution >= 4 is 11.6 Å². The second kappa shape index (κ2) is 6.23. The number of alkyl halides is 1. The van der Waals surface area contributed by atoms with E-state index in [9.17, 15) is 18.4 Å². The van der Waals surface area contributed by atoms with Gasteiger partial charge in [-0.1, -0.05) is 25.5 Å². The van der Waals surface area contributed by atoms with E-state index in [1.807, 2.05) is 6.92 Å². The van der Waals surface area contributed by atoms with Crippen LogP contribution >= 0.6 is 0 Å². The molecular weight excluding hydrogens is 226 g/mol. The molecule has 1 atom stereocenters. The van der Waals surface area contributed by atoms with Crippen LogP contribution in [0.15, 0.2) is 24.3 Å². The fourth-order valence-electron chi connectivity index (χ4n) is 1.42. The first-order chi connectivity index (χ1) is 8.07. The molecule has 1 aromatic carbocycles. The average molecular weight is 240 g/mol. The van der Waals surface area contributed by atoms with E-state index in [4.69, 9.17) is 0 Å². The van der Waals surface area contributed by atoms with Crippen LogP contribution in [0, 0.1) is 5.82 Å². The Kier molecular flexibility index (Phi) is 4.94. The minimum absolute atomic E-state index is 0.0118. The molecule has 0 fully saturated rings. The Bertz CT molecular complexity index is 416. The van der Waals surface area contributed by atoms with Gasteiger partial charge in [0.1, 0.15) is 5.82 Å². The van der Waals surface area contributed by atoms with E-state index in [-0.39, 0.29) is 12.0 Å². The molecule has 1 unspecified atom stereocenters. The molecule has 0 aliphatic rings. The van der Waals surface area contributed by atoms with Gasteiger partial charge in [0.2, 0.25) is 12.0 Å². The van der Waals surface area contributed by atoms with E-state index >= 15 is 0 Å². The lowest BCUT2D eigenvalue weighted by Crippen LogP contribution is -2.26. The highest BCUT2D eigenvalue weighted by atomic mass is 19.1. The highest BCUT2D eigenvalue weighted by Gasteiger charge is 2.27. The fourth-order valence-corrected chi connectivity index (χ4v) is 1.42. The Morgan fingerprint density at radius 2 is 1.94 bits per heavy atom. The van der Waals surface area contributed by atoms with E-state index in [1.165, 1.54) is 18.2 Å². The lowest BCUT2D eigenvalue weighted by Gasteiger charge is -2.06. The summed E-state index contributed by atoms with van der Waals surface area (Å²) in [4.78, 5) is 22.8. The van der Waals surface area contributed by atoms with E-state index < -0.39 is 23.6 Å². The quantitative estimate of drug-likeness (QED) is 0.565. The number of rotatable bonds is 6. The molecule has 0 saturated carbocycles. The van der Waals surface area contributed by atoms with E-state index in [1.54, 1.807) is 0 Å².